The molecule has 0 bridgehead atoms. The molecular formula is C51H38N4. The van der Waals surface area contributed by atoms with Gasteiger partial charge in [0.1, 0.15) is 0 Å². The highest BCUT2D eigenvalue weighted by Crippen LogP contribution is 2.54. The van der Waals surface area contributed by atoms with E-state index < -0.39 is 0 Å². The van der Waals surface area contributed by atoms with Gasteiger partial charge in [0.2, 0.25) is 5.95 Å². The van der Waals surface area contributed by atoms with Gasteiger partial charge in [-0.25, -0.2) is 4.98 Å². The largest absolute Gasteiger partial charge is 0.277 e. The molecule has 2 aliphatic carbocycles. The van der Waals surface area contributed by atoms with Crippen LogP contribution in [-0.4, -0.2) is 19.5 Å². The van der Waals surface area contributed by atoms with Crippen LogP contribution in [0.5, 0.6) is 0 Å². The number of fused-ring (bicyclic) bond motifs is 10. The third kappa shape index (κ3) is 4.42. The van der Waals surface area contributed by atoms with E-state index in [2.05, 4.69) is 190 Å². The van der Waals surface area contributed by atoms with E-state index in [0.717, 1.165) is 33.3 Å². The first kappa shape index (κ1) is 31.8. The third-order valence-electron chi connectivity index (χ3n) is 12.3. The van der Waals surface area contributed by atoms with E-state index in [-0.39, 0.29) is 10.8 Å². The molecule has 2 aromatic heterocycles. The van der Waals surface area contributed by atoms with E-state index in [1.54, 1.807) is 0 Å². The minimum absolute atomic E-state index is 0.158. The molecule has 9 aromatic rings. The standard InChI is InChI=1S/C51H38N4/c1-50(2)41-26-14-11-23-38(41)44-39(24-16-27-42(44)50)48-52-47(37-22-9-8-19-32(37)31-17-6-5-7-18-31)53-49(54-48)55-43-28-15-12-21-34(43)36-30-29-35-33-20-10-13-25-40(33)51(3,4)45(35)46(36)55/h5-30H,1-4H3. The molecule has 0 N–H and O–H groups in total. The van der Waals surface area contributed by atoms with Crippen LogP contribution in [0.1, 0.15) is 49.9 Å². The zero-order chi connectivity index (χ0) is 37.1. The predicted molar refractivity (Wildman–Crippen MR) is 226 cm³/mol. The van der Waals surface area contributed by atoms with Crippen molar-refractivity contribution in [1.29, 1.82) is 0 Å². The molecule has 7 aromatic carbocycles. The summed E-state index contributed by atoms with van der Waals surface area (Å²) < 4.78 is 2.32. The monoisotopic (exact) mass is 706 g/mol. The summed E-state index contributed by atoms with van der Waals surface area (Å²) in [6, 6.07) is 56.6. The van der Waals surface area contributed by atoms with Crippen LogP contribution in [0.3, 0.4) is 0 Å². The fourth-order valence-corrected chi connectivity index (χ4v) is 9.71. The van der Waals surface area contributed by atoms with Crippen molar-refractivity contribution in [2.24, 2.45) is 0 Å². The van der Waals surface area contributed by atoms with Crippen molar-refractivity contribution in [3.63, 3.8) is 0 Å². The van der Waals surface area contributed by atoms with Gasteiger partial charge in [0.05, 0.1) is 11.0 Å². The molecule has 0 fully saturated rings. The second kappa shape index (κ2) is 11.4. The normalized spacial score (nSPS) is 14.5. The molecule has 0 spiro atoms. The maximum atomic E-state index is 5.54. The second-order valence-corrected chi connectivity index (χ2v) is 16.0. The van der Waals surface area contributed by atoms with E-state index in [1.807, 2.05) is 0 Å². The van der Waals surface area contributed by atoms with Gasteiger partial charge in [-0.1, -0.05) is 179 Å². The number of hydrogen-bond donors (Lipinski definition) is 0. The maximum Gasteiger partial charge on any atom is 0.238 e. The molecule has 0 saturated heterocycles. The second-order valence-electron chi connectivity index (χ2n) is 16.0. The first-order chi connectivity index (χ1) is 26.8. The van der Waals surface area contributed by atoms with Gasteiger partial charge in [-0.05, 0) is 61.7 Å². The van der Waals surface area contributed by atoms with Crippen molar-refractivity contribution in [1.82, 2.24) is 19.5 Å². The molecule has 2 aliphatic rings. The van der Waals surface area contributed by atoms with Gasteiger partial charge in [-0.3, -0.25) is 4.57 Å². The minimum Gasteiger partial charge on any atom is -0.277 e. The average molecular weight is 707 g/mol. The van der Waals surface area contributed by atoms with Crippen molar-refractivity contribution in [2.75, 3.05) is 0 Å². The minimum atomic E-state index is -0.244. The highest BCUT2D eigenvalue weighted by Gasteiger charge is 2.40. The molecular weight excluding hydrogens is 669 g/mol. The lowest BCUT2D eigenvalue weighted by Gasteiger charge is -2.23. The fraction of sp³-hybridized carbons (Fsp3) is 0.118. The van der Waals surface area contributed by atoms with Crippen LogP contribution in [0.15, 0.2) is 158 Å². The zero-order valence-electron chi connectivity index (χ0n) is 31.3. The molecule has 0 aliphatic heterocycles. The summed E-state index contributed by atoms with van der Waals surface area (Å²) in [5.74, 6) is 1.91. The van der Waals surface area contributed by atoms with Gasteiger partial charge in [0, 0.05) is 32.7 Å². The lowest BCUT2D eigenvalue weighted by atomic mass is 9.81. The highest BCUT2D eigenvalue weighted by atomic mass is 15.2. The van der Waals surface area contributed by atoms with Gasteiger partial charge < -0.3 is 0 Å². The Morgan fingerprint density at radius 2 is 0.982 bits per heavy atom. The number of nitrogens with zero attached hydrogens (tertiary/aromatic N) is 4. The van der Waals surface area contributed by atoms with Crippen LogP contribution in [0.25, 0.3) is 83.9 Å². The van der Waals surface area contributed by atoms with Gasteiger partial charge in [-0.15, -0.1) is 0 Å². The molecule has 4 heteroatoms. The Morgan fingerprint density at radius 1 is 0.400 bits per heavy atom. The fourth-order valence-electron chi connectivity index (χ4n) is 9.71. The van der Waals surface area contributed by atoms with Gasteiger partial charge in [-0.2, -0.15) is 9.97 Å². The molecule has 0 radical (unpaired) electrons. The summed E-state index contributed by atoms with van der Waals surface area (Å²) in [5.41, 5.74) is 16.2. The number of aromatic nitrogens is 4. The van der Waals surface area contributed by atoms with Gasteiger partial charge in [0.15, 0.2) is 11.6 Å². The summed E-state index contributed by atoms with van der Waals surface area (Å²) in [4.78, 5) is 16.4. The lowest BCUT2D eigenvalue weighted by molar-refractivity contribution is 0.660. The van der Waals surface area contributed by atoms with Gasteiger partial charge in [0.25, 0.3) is 0 Å². The molecule has 0 amide bonds. The van der Waals surface area contributed by atoms with Crippen LogP contribution >= 0.6 is 0 Å². The van der Waals surface area contributed by atoms with Crippen molar-refractivity contribution in [3.8, 4) is 62.1 Å². The Kier molecular flexibility index (Phi) is 6.61. The topological polar surface area (TPSA) is 43.6 Å². The van der Waals surface area contributed by atoms with Crippen LogP contribution in [0, 0.1) is 0 Å². The maximum absolute atomic E-state index is 5.54. The van der Waals surface area contributed by atoms with E-state index in [4.69, 9.17) is 15.0 Å². The van der Waals surface area contributed by atoms with Crippen LogP contribution in [0.2, 0.25) is 0 Å². The van der Waals surface area contributed by atoms with Crippen molar-refractivity contribution in [3.05, 3.63) is 180 Å². The van der Waals surface area contributed by atoms with E-state index in [1.165, 1.54) is 55.3 Å². The summed E-state index contributed by atoms with van der Waals surface area (Å²) in [6.45, 7) is 9.35. The summed E-state index contributed by atoms with van der Waals surface area (Å²) in [7, 11) is 0. The highest BCUT2D eigenvalue weighted by molar-refractivity contribution is 6.13. The Labute approximate surface area is 320 Å². The first-order valence-corrected chi connectivity index (χ1v) is 19.1. The van der Waals surface area contributed by atoms with Crippen molar-refractivity contribution < 1.29 is 0 Å². The molecule has 2 heterocycles. The number of para-hydroxylation sites is 1. The summed E-state index contributed by atoms with van der Waals surface area (Å²) in [6.07, 6.45) is 0. The zero-order valence-corrected chi connectivity index (χ0v) is 31.3. The Morgan fingerprint density at radius 3 is 1.76 bits per heavy atom. The molecule has 262 valence electrons. The summed E-state index contributed by atoms with van der Waals surface area (Å²) in [5, 5.41) is 2.37. The molecule has 11 rings (SSSR count). The van der Waals surface area contributed by atoms with E-state index in [0.29, 0.717) is 17.6 Å². The molecule has 0 atom stereocenters. The third-order valence-corrected chi connectivity index (χ3v) is 12.3. The SMILES string of the molecule is CC1(C)c2ccccc2-c2c(-c3nc(-c4ccccc4-c4ccccc4)nc(-n4c5ccccc5c5ccc6c(c54)C(C)(C)c4ccccc4-6)n3)cccc21. The number of hydrogen-bond acceptors (Lipinski definition) is 3. The Bertz CT molecular complexity index is 3040. The van der Waals surface area contributed by atoms with E-state index >= 15 is 0 Å². The first-order valence-electron chi connectivity index (χ1n) is 19.1. The average Bonchev–Trinajstić information content (AvgIpc) is 3.78. The van der Waals surface area contributed by atoms with Crippen LogP contribution < -0.4 is 0 Å². The molecule has 0 unspecified atom stereocenters. The number of rotatable bonds is 4. The van der Waals surface area contributed by atoms with Crippen LogP contribution in [-0.2, 0) is 10.8 Å². The van der Waals surface area contributed by atoms with Crippen molar-refractivity contribution >= 4 is 21.8 Å². The molecule has 55 heavy (non-hydrogen) atoms. The quantitative estimate of drug-likeness (QED) is 0.183. The van der Waals surface area contributed by atoms with Crippen LogP contribution in [0.4, 0.5) is 0 Å². The summed E-state index contributed by atoms with van der Waals surface area (Å²) >= 11 is 0. The molecule has 0 saturated carbocycles. The Hall–Kier alpha value is -6.65. The molecule has 4 nitrogen and oxygen atoms in total. The predicted octanol–water partition coefficient (Wildman–Crippen LogP) is 12.6. The lowest BCUT2D eigenvalue weighted by Crippen LogP contribution is -2.17. The smallest absolute Gasteiger partial charge is 0.238 e. The number of benzene rings is 7. The Balaban J connectivity index is 1.27. The van der Waals surface area contributed by atoms with Gasteiger partial charge >= 0.3 is 0 Å². The van der Waals surface area contributed by atoms with Crippen molar-refractivity contribution in [2.45, 2.75) is 38.5 Å². The van der Waals surface area contributed by atoms with E-state index in [9.17, 15) is 0 Å².